The summed E-state index contributed by atoms with van der Waals surface area (Å²) in [5.74, 6) is -0.884. The van der Waals surface area contributed by atoms with Crippen LogP contribution in [-0.4, -0.2) is 11.1 Å². The molecule has 2 nitrogen and oxygen atoms in total. The van der Waals surface area contributed by atoms with Gasteiger partial charge in [-0.15, -0.1) is 0 Å². The summed E-state index contributed by atoms with van der Waals surface area (Å²) < 4.78 is 0. The van der Waals surface area contributed by atoms with Gasteiger partial charge in [-0.1, -0.05) is 115 Å². The van der Waals surface area contributed by atoms with Crippen LogP contribution in [0.5, 0.6) is 0 Å². The van der Waals surface area contributed by atoms with Crippen molar-refractivity contribution in [2.24, 2.45) is 11.3 Å². The van der Waals surface area contributed by atoms with Crippen LogP contribution >= 0.6 is 0 Å². The highest BCUT2D eigenvalue weighted by Gasteiger charge is 2.39. The Kier molecular flexibility index (Phi) is 11.6. The first-order chi connectivity index (χ1) is 12.5. The fraction of sp³-hybridized carbons (Fsp3) is 0.792. The molecule has 0 aromatic carbocycles. The van der Waals surface area contributed by atoms with Crippen molar-refractivity contribution in [2.75, 3.05) is 0 Å². The van der Waals surface area contributed by atoms with E-state index in [1.165, 1.54) is 76.2 Å². The molecule has 1 rings (SSSR count). The van der Waals surface area contributed by atoms with Crippen LogP contribution in [0, 0.1) is 11.3 Å². The van der Waals surface area contributed by atoms with Gasteiger partial charge in [-0.3, -0.25) is 4.79 Å². The average Bonchev–Trinajstić information content (AvgIpc) is 2.61. The first kappa shape index (κ1) is 23.0. The molecule has 1 aliphatic carbocycles. The van der Waals surface area contributed by atoms with Gasteiger partial charge >= 0.3 is 5.97 Å². The van der Waals surface area contributed by atoms with Gasteiger partial charge in [-0.05, 0) is 19.8 Å². The van der Waals surface area contributed by atoms with Crippen LogP contribution in [0.25, 0.3) is 0 Å². The van der Waals surface area contributed by atoms with Gasteiger partial charge in [0, 0.05) is 5.41 Å². The zero-order valence-corrected chi connectivity index (χ0v) is 17.6. The SMILES string of the molecule is CCCCCCCCCCCCCCC(C(=O)O)C1(C)CC=CC=C1C. The van der Waals surface area contributed by atoms with Gasteiger partial charge in [0.1, 0.15) is 0 Å². The lowest BCUT2D eigenvalue weighted by Crippen LogP contribution is -2.35. The quantitative estimate of drug-likeness (QED) is 0.303. The Morgan fingerprint density at radius 2 is 1.50 bits per heavy atom. The van der Waals surface area contributed by atoms with E-state index in [-0.39, 0.29) is 11.3 Å². The van der Waals surface area contributed by atoms with Crippen LogP contribution < -0.4 is 0 Å². The molecule has 0 spiro atoms. The fourth-order valence-electron chi connectivity index (χ4n) is 4.20. The van der Waals surface area contributed by atoms with Gasteiger partial charge in [0.2, 0.25) is 0 Å². The molecular weight excluding hydrogens is 320 g/mol. The summed E-state index contributed by atoms with van der Waals surface area (Å²) in [5.41, 5.74) is 1.00. The molecule has 0 amide bonds. The molecule has 1 N–H and O–H groups in total. The lowest BCUT2D eigenvalue weighted by Gasteiger charge is -2.37. The monoisotopic (exact) mass is 362 g/mol. The standard InChI is InChI=1S/C24H42O2/c1-4-5-6-7-8-9-10-11-12-13-14-15-19-22(23(25)26)24(3)20-17-16-18-21(24)2/h16-18,22H,4-15,19-20H2,1-3H3,(H,25,26). The molecule has 0 bridgehead atoms. The van der Waals surface area contributed by atoms with Crippen molar-refractivity contribution >= 4 is 5.97 Å². The molecule has 1 aliphatic rings. The Labute approximate surface area is 162 Å². The van der Waals surface area contributed by atoms with E-state index in [1.54, 1.807) is 0 Å². The van der Waals surface area contributed by atoms with Crippen LogP contribution in [0.4, 0.5) is 0 Å². The number of carboxylic acid groups (broad SMARTS) is 1. The van der Waals surface area contributed by atoms with Gasteiger partial charge in [0.05, 0.1) is 5.92 Å². The van der Waals surface area contributed by atoms with Crippen LogP contribution in [0.1, 0.15) is 111 Å². The number of hydrogen-bond donors (Lipinski definition) is 1. The van der Waals surface area contributed by atoms with E-state index in [0.29, 0.717) is 0 Å². The van der Waals surface area contributed by atoms with Crippen LogP contribution in [0.3, 0.4) is 0 Å². The van der Waals surface area contributed by atoms with Crippen molar-refractivity contribution < 1.29 is 9.90 Å². The first-order valence-corrected chi connectivity index (χ1v) is 11.1. The second kappa shape index (κ2) is 13.2. The van der Waals surface area contributed by atoms with Gasteiger partial charge in [-0.25, -0.2) is 0 Å². The van der Waals surface area contributed by atoms with Crippen LogP contribution in [-0.2, 0) is 4.79 Å². The van der Waals surface area contributed by atoms with Crippen molar-refractivity contribution in [2.45, 2.75) is 111 Å². The summed E-state index contributed by atoms with van der Waals surface area (Å²) in [5, 5.41) is 9.73. The Bertz CT molecular complexity index is 449. The summed E-state index contributed by atoms with van der Waals surface area (Å²) >= 11 is 0. The predicted molar refractivity (Wildman–Crippen MR) is 112 cm³/mol. The number of unbranched alkanes of at least 4 members (excludes halogenated alkanes) is 11. The molecule has 26 heavy (non-hydrogen) atoms. The predicted octanol–water partition coefficient (Wildman–Crippen LogP) is 7.69. The third-order valence-electron chi connectivity index (χ3n) is 6.34. The van der Waals surface area contributed by atoms with E-state index in [1.807, 2.05) is 0 Å². The minimum atomic E-state index is -0.626. The third kappa shape index (κ3) is 8.10. The van der Waals surface area contributed by atoms with Crippen molar-refractivity contribution in [1.82, 2.24) is 0 Å². The molecule has 0 saturated carbocycles. The molecule has 2 atom stereocenters. The average molecular weight is 363 g/mol. The summed E-state index contributed by atoms with van der Waals surface area (Å²) in [6, 6.07) is 0. The molecule has 0 saturated heterocycles. The molecule has 0 fully saturated rings. The molecular formula is C24H42O2. The van der Waals surface area contributed by atoms with E-state index >= 15 is 0 Å². The topological polar surface area (TPSA) is 37.3 Å². The molecule has 2 heteroatoms. The number of carbonyl (C=O) groups is 1. The lowest BCUT2D eigenvalue weighted by molar-refractivity contribution is -0.145. The van der Waals surface area contributed by atoms with Gasteiger partial charge < -0.3 is 5.11 Å². The highest BCUT2D eigenvalue weighted by molar-refractivity contribution is 5.72. The second-order valence-electron chi connectivity index (χ2n) is 8.47. The first-order valence-electron chi connectivity index (χ1n) is 11.1. The summed E-state index contributed by atoms with van der Waals surface area (Å²) in [7, 11) is 0. The molecule has 0 aromatic heterocycles. The van der Waals surface area contributed by atoms with E-state index in [4.69, 9.17) is 0 Å². The zero-order valence-electron chi connectivity index (χ0n) is 17.6. The fourth-order valence-corrected chi connectivity index (χ4v) is 4.20. The highest BCUT2D eigenvalue weighted by Crippen LogP contribution is 2.43. The maximum Gasteiger partial charge on any atom is 0.307 e. The summed E-state index contributed by atoms with van der Waals surface area (Å²) in [6.07, 6.45) is 23.8. The molecule has 0 heterocycles. The van der Waals surface area contributed by atoms with Gasteiger partial charge in [0.15, 0.2) is 0 Å². The highest BCUT2D eigenvalue weighted by atomic mass is 16.4. The minimum absolute atomic E-state index is 0.210. The van der Waals surface area contributed by atoms with E-state index in [0.717, 1.165) is 19.3 Å². The Morgan fingerprint density at radius 3 is 1.96 bits per heavy atom. The van der Waals surface area contributed by atoms with Crippen LogP contribution in [0.2, 0.25) is 0 Å². The normalized spacial score (nSPS) is 20.8. The van der Waals surface area contributed by atoms with Crippen molar-refractivity contribution in [3.8, 4) is 0 Å². The summed E-state index contributed by atoms with van der Waals surface area (Å²) in [4.78, 5) is 11.8. The van der Waals surface area contributed by atoms with Crippen LogP contribution in [0.15, 0.2) is 23.8 Å². The molecule has 150 valence electrons. The maximum atomic E-state index is 11.8. The largest absolute Gasteiger partial charge is 0.481 e. The van der Waals surface area contributed by atoms with E-state index in [2.05, 4.69) is 39.0 Å². The van der Waals surface area contributed by atoms with Gasteiger partial charge in [0.25, 0.3) is 0 Å². The lowest BCUT2D eigenvalue weighted by atomic mass is 9.66. The number of hydrogen-bond acceptors (Lipinski definition) is 1. The number of carboxylic acids is 1. The number of aliphatic carboxylic acids is 1. The number of rotatable bonds is 15. The van der Waals surface area contributed by atoms with Crippen molar-refractivity contribution in [1.29, 1.82) is 0 Å². The smallest absolute Gasteiger partial charge is 0.307 e. The zero-order chi connectivity index (χ0) is 19.3. The number of allylic oxidation sites excluding steroid dienone is 4. The van der Waals surface area contributed by atoms with E-state index < -0.39 is 5.97 Å². The third-order valence-corrected chi connectivity index (χ3v) is 6.34. The second-order valence-corrected chi connectivity index (χ2v) is 8.47. The minimum Gasteiger partial charge on any atom is -0.481 e. The molecule has 0 aliphatic heterocycles. The maximum absolute atomic E-state index is 11.8. The van der Waals surface area contributed by atoms with E-state index in [9.17, 15) is 9.90 Å². The molecule has 0 aromatic rings. The van der Waals surface area contributed by atoms with Crippen molar-refractivity contribution in [3.05, 3.63) is 23.8 Å². The Morgan fingerprint density at radius 1 is 1.00 bits per heavy atom. The summed E-state index contributed by atoms with van der Waals surface area (Å²) in [6.45, 7) is 6.48. The Balaban J connectivity index is 2.13. The Hall–Kier alpha value is -1.05. The molecule has 0 radical (unpaired) electrons. The van der Waals surface area contributed by atoms with Gasteiger partial charge in [-0.2, -0.15) is 0 Å². The van der Waals surface area contributed by atoms with Crippen molar-refractivity contribution in [3.63, 3.8) is 0 Å². The molecule has 2 unspecified atom stereocenters.